The van der Waals surface area contributed by atoms with Crippen LogP contribution in [0.2, 0.25) is 5.02 Å². The molecule has 140 valence electrons. The number of anilines is 2. The molecular weight excluding hydrogens is 377 g/mol. The molecule has 0 spiro atoms. The number of nitrogens with one attached hydrogen (secondary N) is 1. The van der Waals surface area contributed by atoms with Crippen LogP contribution in [0.25, 0.3) is 0 Å². The topological polar surface area (TPSA) is 171 Å². The minimum Gasteiger partial charge on any atom is -0.507 e. The summed E-state index contributed by atoms with van der Waals surface area (Å²) in [7, 11) is 0. The molecule has 0 amide bonds. The van der Waals surface area contributed by atoms with Crippen LogP contribution in [0, 0.1) is 12.7 Å². The van der Waals surface area contributed by atoms with E-state index in [2.05, 4.69) is 5.32 Å². The highest BCUT2D eigenvalue weighted by Gasteiger charge is 2.28. The number of carboxylic acid groups (broad SMARTS) is 1. The third-order valence-corrected chi connectivity index (χ3v) is 4.01. The lowest BCUT2D eigenvalue weighted by Crippen LogP contribution is -2.07. The Labute approximate surface area is 149 Å². The molecule has 2 aromatic carbocycles. The fourth-order valence-corrected chi connectivity index (χ4v) is 2.46. The maximum absolute atomic E-state index is 14.2. The Balaban J connectivity index is 2.77. The molecule has 0 unspecified atom stereocenters. The highest BCUT2D eigenvalue weighted by molar-refractivity contribution is 6.35. The Kier molecular flexibility index (Phi) is 4.81. The third kappa shape index (κ3) is 2.90. The van der Waals surface area contributed by atoms with E-state index >= 15 is 0 Å². The summed E-state index contributed by atoms with van der Waals surface area (Å²) in [5.74, 6) is -9.08. The molecule has 2 aromatic rings. The Hall–Kier alpha value is -3.27. The van der Waals surface area contributed by atoms with E-state index in [1.165, 1.54) is 6.92 Å². The smallest absolute Gasteiger partial charge is 0.308 e. The number of phenols is 6. The molecule has 9 nitrogen and oxygen atoms in total. The Morgan fingerprint density at radius 3 is 2.04 bits per heavy atom. The van der Waals surface area contributed by atoms with E-state index in [0.29, 0.717) is 0 Å². The Morgan fingerprint density at radius 1 is 0.923 bits per heavy atom. The molecule has 0 saturated carbocycles. The van der Waals surface area contributed by atoms with Gasteiger partial charge in [-0.05, 0) is 6.92 Å². The first-order valence-corrected chi connectivity index (χ1v) is 7.23. The highest BCUT2D eigenvalue weighted by Crippen LogP contribution is 2.51. The SMILES string of the molecule is Cc1c(O)c(O)c(Nc2c(F)c(O)c(O)c(O)c2Cl)c(CC(=O)O)c1O. The van der Waals surface area contributed by atoms with Crippen LogP contribution in [-0.4, -0.2) is 41.7 Å². The number of halogens is 2. The summed E-state index contributed by atoms with van der Waals surface area (Å²) in [6, 6.07) is 0. The van der Waals surface area contributed by atoms with Crippen molar-refractivity contribution in [2.75, 3.05) is 5.32 Å². The Morgan fingerprint density at radius 2 is 1.50 bits per heavy atom. The lowest BCUT2D eigenvalue weighted by Gasteiger charge is -2.19. The molecule has 0 aliphatic rings. The molecule has 0 aromatic heterocycles. The predicted octanol–water partition coefficient (Wildman–Crippen LogP) is 2.39. The van der Waals surface area contributed by atoms with Gasteiger partial charge in [-0.1, -0.05) is 11.6 Å². The summed E-state index contributed by atoms with van der Waals surface area (Å²) in [4.78, 5) is 11.0. The van der Waals surface area contributed by atoms with Crippen LogP contribution in [-0.2, 0) is 11.2 Å². The second-order valence-electron chi connectivity index (χ2n) is 5.27. The molecule has 0 radical (unpaired) electrons. The fourth-order valence-electron chi connectivity index (χ4n) is 2.24. The second-order valence-corrected chi connectivity index (χ2v) is 5.65. The first kappa shape index (κ1) is 19.1. The van der Waals surface area contributed by atoms with E-state index in [1.54, 1.807) is 0 Å². The largest absolute Gasteiger partial charge is 0.507 e. The fraction of sp³-hybridized carbons (Fsp3) is 0.133. The summed E-state index contributed by atoms with van der Waals surface area (Å²) in [5.41, 5.74) is -2.12. The number of hydrogen-bond acceptors (Lipinski definition) is 8. The predicted molar refractivity (Wildman–Crippen MR) is 87.2 cm³/mol. The van der Waals surface area contributed by atoms with Crippen molar-refractivity contribution in [1.82, 2.24) is 0 Å². The van der Waals surface area contributed by atoms with Gasteiger partial charge in [-0.25, -0.2) is 4.39 Å². The van der Waals surface area contributed by atoms with Crippen molar-refractivity contribution >= 4 is 28.9 Å². The van der Waals surface area contributed by atoms with Crippen molar-refractivity contribution < 1.29 is 44.9 Å². The van der Waals surface area contributed by atoms with Gasteiger partial charge in [0.1, 0.15) is 16.5 Å². The number of phenolic OH excluding ortho intramolecular Hbond substituents is 6. The highest BCUT2D eigenvalue weighted by atomic mass is 35.5. The van der Waals surface area contributed by atoms with Gasteiger partial charge < -0.3 is 41.1 Å². The van der Waals surface area contributed by atoms with E-state index in [1.807, 2.05) is 0 Å². The molecule has 0 bridgehead atoms. The molecule has 0 fully saturated rings. The van der Waals surface area contributed by atoms with Gasteiger partial charge in [0.05, 0.1) is 12.1 Å². The molecule has 0 saturated heterocycles. The first-order chi connectivity index (χ1) is 12.0. The van der Waals surface area contributed by atoms with E-state index in [4.69, 9.17) is 16.7 Å². The number of carbonyl (C=O) groups is 1. The summed E-state index contributed by atoms with van der Waals surface area (Å²) in [6.07, 6.45) is -0.835. The standard InChI is InChI=1S/C15H13ClFNO8/c1-3-10(21)4(2-5(19)20)8(14(25)11(3)22)18-9-6(16)12(23)15(26)13(24)7(9)17/h18,21-26H,2H2,1H3,(H,19,20). The lowest BCUT2D eigenvalue weighted by molar-refractivity contribution is -0.136. The van der Waals surface area contributed by atoms with Crippen molar-refractivity contribution in [3.63, 3.8) is 0 Å². The minimum absolute atomic E-state index is 0.229. The first-order valence-electron chi connectivity index (χ1n) is 6.85. The van der Waals surface area contributed by atoms with E-state index in [-0.39, 0.29) is 5.56 Å². The van der Waals surface area contributed by atoms with E-state index < -0.39 is 74.7 Å². The quantitative estimate of drug-likeness (QED) is 0.289. The van der Waals surface area contributed by atoms with Crippen LogP contribution >= 0.6 is 11.6 Å². The van der Waals surface area contributed by atoms with Crippen molar-refractivity contribution in [2.45, 2.75) is 13.3 Å². The monoisotopic (exact) mass is 389 g/mol. The average molecular weight is 390 g/mol. The average Bonchev–Trinajstić information content (AvgIpc) is 2.59. The summed E-state index contributed by atoms with van der Waals surface area (Å²) >= 11 is 5.70. The number of aliphatic carboxylic acids is 1. The summed E-state index contributed by atoms with van der Waals surface area (Å²) < 4.78 is 14.2. The van der Waals surface area contributed by atoms with Crippen LogP contribution in [0.1, 0.15) is 11.1 Å². The third-order valence-electron chi connectivity index (χ3n) is 3.64. The zero-order chi connectivity index (χ0) is 19.9. The molecule has 8 N–H and O–H groups in total. The van der Waals surface area contributed by atoms with Crippen molar-refractivity contribution in [3.8, 4) is 34.5 Å². The summed E-state index contributed by atoms with van der Waals surface area (Å²) in [6.45, 7) is 1.20. The number of hydrogen-bond donors (Lipinski definition) is 8. The normalized spacial score (nSPS) is 10.7. The van der Waals surface area contributed by atoms with Crippen LogP contribution in [0.4, 0.5) is 15.8 Å². The van der Waals surface area contributed by atoms with Gasteiger partial charge in [0, 0.05) is 11.1 Å². The van der Waals surface area contributed by atoms with Gasteiger partial charge in [-0.3, -0.25) is 4.79 Å². The molecular formula is C15H13ClFNO8. The van der Waals surface area contributed by atoms with E-state index in [0.717, 1.165) is 0 Å². The molecule has 0 heterocycles. The maximum Gasteiger partial charge on any atom is 0.308 e. The lowest BCUT2D eigenvalue weighted by atomic mass is 10.0. The number of rotatable bonds is 4. The summed E-state index contributed by atoms with van der Waals surface area (Å²) in [5, 5.41) is 68.7. The van der Waals surface area contributed by atoms with Crippen LogP contribution in [0.5, 0.6) is 34.5 Å². The van der Waals surface area contributed by atoms with Gasteiger partial charge in [-0.15, -0.1) is 0 Å². The number of benzene rings is 2. The van der Waals surface area contributed by atoms with Crippen molar-refractivity contribution in [1.29, 1.82) is 0 Å². The Bertz CT molecular complexity index is 902. The maximum atomic E-state index is 14.2. The van der Waals surface area contributed by atoms with E-state index in [9.17, 15) is 39.8 Å². The van der Waals surface area contributed by atoms with Gasteiger partial charge in [-0.2, -0.15) is 0 Å². The molecule has 2 rings (SSSR count). The molecule has 11 heteroatoms. The van der Waals surface area contributed by atoms with Gasteiger partial charge >= 0.3 is 5.97 Å². The van der Waals surface area contributed by atoms with Gasteiger partial charge in [0.2, 0.25) is 5.75 Å². The molecule has 0 aliphatic heterocycles. The number of aromatic hydroxyl groups is 6. The minimum atomic E-state index is -1.54. The zero-order valence-corrected chi connectivity index (χ0v) is 13.8. The van der Waals surface area contributed by atoms with Crippen LogP contribution in [0.15, 0.2) is 0 Å². The van der Waals surface area contributed by atoms with Crippen molar-refractivity contribution in [3.05, 3.63) is 22.0 Å². The number of carboxylic acids is 1. The van der Waals surface area contributed by atoms with Crippen molar-refractivity contribution in [2.24, 2.45) is 0 Å². The molecule has 0 atom stereocenters. The zero-order valence-electron chi connectivity index (χ0n) is 13.0. The van der Waals surface area contributed by atoms with Crippen LogP contribution in [0.3, 0.4) is 0 Å². The van der Waals surface area contributed by atoms with Gasteiger partial charge in [0.25, 0.3) is 0 Å². The van der Waals surface area contributed by atoms with Crippen LogP contribution < -0.4 is 5.32 Å². The molecule has 26 heavy (non-hydrogen) atoms. The van der Waals surface area contributed by atoms with Gasteiger partial charge in [0.15, 0.2) is 28.8 Å². The second kappa shape index (κ2) is 6.56. The molecule has 0 aliphatic carbocycles.